The fraction of sp³-hybridized carbons (Fsp3) is 0.357. The summed E-state index contributed by atoms with van der Waals surface area (Å²) in [6, 6.07) is 7.78. The number of aliphatic hydroxyl groups is 1. The van der Waals surface area contributed by atoms with Crippen LogP contribution in [-0.4, -0.2) is 17.0 Å². The van der Waals surface area contributed by atoms with Gasteiger partial charge in [-0.25, -0.2) is 0 Å². The Balaban J connectivity index is 2.94. The molecule has 1 rings (SSSR count). The number of ketones is 1. The zero-order valence-corrected chi connectivity index (χ0v) is 9.81. The minimum atomic E-state index is -0.981. The molecule has 2 nitrogen and oxygen atoms in total. The lowest BCUT2D eigenvalue weighted by atomic mass is 9.90. The second-order valence-electron chi connectivity index (χ2n) is 3.94. The summed E-state index contributed by atoms with van der Waals surface area (Å²) in [5.41, 5.74) is 2.08. The van der Waals surface area contributed by atoms with E-state index in [9.17, 15) is 9.90 Å². The van der Waals surface area contributed by atoms with Crippen molar-refractivity contribution < 1.29 is 9.90 Å². The molecule has 0 heterocycles. The molecule has 0 saturated heterocycles. The van der Waals surface area contributed by atoms with E-state index in [1.54, 1.807) is 13.0 Å². The number of Topliss-reactive ketones (excluding diaryl/α,β-unsaturated/α-hetero) is 1. The van der Waals surface area contributed by atoms with E-state index < -0.39 is 6.10 Å². The molecule has 0 unspecified atom stereocenters. The minimum Gasteiger partial charge on any atom is -0.384 e. The van der Waals surface area contributed by atoms with Gasteiger partial charge in [0, 0.05) is 12.3 Å². The summed E-state index contributed by atoms with van der Waals surface area (Å²) < 4.78 is 0. The first kappa shape index (κ1) is 12.7. The molecular formula is C14H18O2. The highest BCUT2D eigenvalue weighted by Crippen LogP contribution is 2.22. The Morgan fingerprint density at radius 2 is 2.00 bits per heavy atom. The van der Waals surface area contributed by atoms with Crippen molar-refractivity contribution in [3.63, 3.8) is 0 Å². The first-order valence-corrected chi connectivity index (χ1v) is 5.50. The Hall–Kier alpha value is -1.41. The van der Waals surface area contributed by atoms with Crippen LogP contribution in [0.4, 0.5) is 0 Å². The zero-order valence-electron chi connectivity index (χ0n) is 9.81. The Bertz CT molecular complexity index is 365. The van der Waals surface area contributed by atoms with Gasteiger partial charge >= 0.3 is 0 Å². The second-order valence-corrected chi connectivity index (χ2v) is 3.94. The van der Waals surface area contributed by atoms with Crippen LogP contribution in [0.5, 0.6) is 0 Å². The van der Waals surface area contributed by atoms with Gasteiger partial charge in [-0.2, -0.15) is 0 Å². The molecule has 1 aromatic rings. The number of carbonyl (C=O) groups excluding carboxylic acids is 1. The Morgan fingerprint density at radius 3 is 2.44 bits per heavy atom. The van der Waals surface area contributed by atoms with E-state index in [4.69, 9.17) is 0 Å². The third kappa shape index (κ3) is 2.80. The monoisotopic (exact) mass is 218 g/mol. The summed E-state index contributed by atoms with van der Waals surface area (Å²) in [4.78, 5) is 11.5. The summed E-state index contributed by atoms with van der Waals surface area (Å²) in [5, 5.41) is 9.88. The summed E-state index contributed by atoms with van der Waals surface area (Å²) in [6.45, 7) is 7.44. The van der Waals surface area contributed by atoms with Crippen molar-refractivity contribution in [1.29, 1.82) is 0 Å². The average Bonchev–Trinajstić information content (AvgIpc) is 2.31. The van der Waals surface area contributed by atoms with Crippen LogP contribution in [-0.2, 0) is 4.79 Å². The van der Waals surface area contributed by atoms with Crippen molar-refractivity contribution in [2.45, 2.75) is 32.3 Å². The second kappa shape index (κ2) is 5.61. The molecule has 16 heavy (non-hydrogen) atoms. The third-order valence-electron chi connectivity index (χ3n) is 2.73. The maximum absolute atomic E-state index is 11.5. The average molecular weight is 218 g/mol. The van der Waals surface area contributed by atoms with Crippen molar-refractivity contribution in [3.05, 3.63) is 48.0 Å². The van der Waals surface area contributed by atoms with Crippen LogP contribution in [0.15, 0.2) is 36.9 Å². The number of rotatable bonds is 5. The molecule has 86 valence electrons. The van der Waals surface area contributed by atoms with Crippen molar-refractivity contribution in [1.82, 2.24) is 0 Å². The van der Waals surface area contributed by atoms with E-state index in [-0.39, 0.29) is 11.7 Å². The lowest BCUT2D eigenvalue weighted by Crippen LogP contribution is -2.26. The Morgan fingerprint density at radius 1 is 1.44 bits per heavy atom. The van der Waals surface area contributed by atoms with Gasteiger partial charge in [0.05, 0.1) is 0 Å². The van der Waals surface area contributed by atoms with Gasteiger partial charge in [0.25, 0.3) is 0 Å². The Labute approximate surface area is 96.6 Å². The lowest BCUT2D eigenvalue weighted by molar-refractivity contribution is -0.127. The summed E-state index contributed by atoms with van der Waals surface area (Å²) in [6.07, 6.45) is 0.991. The molecule has 2 atom stereocenters. The van der Waals surface area contributed by atoms with Gasteiger partial charge in [0.1, 0.15) is 6.10 Å². The smallest absolute Gasteiger partial charge is 0.161 e. The van der Waals surface area contributed by atoms with E-state index in [2.05, 4.69) is 6.58 Å². The fourth-order valence-corrected chi connectivity index (χ4v) is 1.65. The van der Waals surface area contributed by atoms with Gasteiger partial charge in [-0.15, -0.1) is 6.58 Å². The molecular weight excluding hydrogens is 200 g/mol. The number of hydrogen-bond acceptors (Lipinski definition) is 2. The third-order valence-corrected chi connectivity index (χ3v) is 2.73. The van der Waals surface area contributed by atoms with Crippen LogP contribution in [0.25, 0.3) is 0 Å². The van der Waals surface area contributed by atoms with Crippen molar-refractivity contribution in [2.75, 3.05) is 0 Å². The van der Waals surface area contributed by atoms with Crippen molar-refractivity contribution >= 4 is 5.78 Å². The molecule has 0 spiro atoms. The summed E-state index contributed by atoms with van der Waals surface area (Å²) >= 11 is 0. The Kier molecular flexibility index (Phi) is 4.44. The molecule has 1 N–H and O–H groups in total. The number of carbonyl (C=O) groups is 1. The van der Waals surface area contributed by atoms with Crippen molar-refractivity contribution in [2.24, 2.45) is 0 Å². The minimum absolute atomic E-state index is 0.148. The zero-order chi connectivity index (χ0) is 12.1. The molecule has 0 bridgehead atoms. The molecule has 0 saturated carbocycles. The number of aryl methyl sites for hydroxylation is 1. The molecule has 0 aromatic heterocycles. The van der Waals surface area contributed by atoms with Crippen LogP contribution in [0.2, 0.25) is 0 Å². The summed E-state index contributed by atoms with van der Waals surface area (Å²) in [7, 11) is 0. The van der Waals surface area contributed by atoms with Crippen LogP contribution >= 0.6 is 0 Å². The van der Waals surface area contributed by atoms with Crippen molar-refractivity contribution in [3.8, 4) is 0 Å². The van der Waals surface area contributed by atoms with Gasteiger partial charge in [-0.3, -0.25) is 4.79 Å². The molecule has 0 radical (unpaired) electrons. The van der Waals surface area contributed by atoms with Gasteiger partial charge in [0.15, 0.2) is 5.78 Å². The normalized spacial score (nSPS) is 14.2. The highest BCUT2D eigenvalue weighted by molar-refractivity contribution is 5.83. The highest BCUT2D eigenvalue weighted by Gasteiger charge is 2.23. The van der Waals surface area contributed by atoms with E-state index in [0.29, 0.717) is 6.42 Å². The van der Waals surface area contributed by atoms with Crippen LogP contribution in [0.3, 0.4) is 0 Å². The molecule has 0 amide bonds. The fourth-order valence-electron chi connectivity index (χ4n) is 1.65. The molecule has 0 fully saturated rings. The standard InChI is InChI=1S/C14H18O2/c1-4-12(14(16)13(15)5-2)11-8-6-10(3)7-9-11/h4,6-9,12,14,16H,1,5H2,2-3H3/t12-,14+/m0/s1. The largest absolute Gasteiger partial charge is 0.384 e. The maximum atomic E-state index is 11.5. The molecule has 1 aromatic carbocycles. The van der Waals surface area contributed by atoms with E-state index in [0.717, 1.165) is 11.1 Å². The number of benzene rings is 1. The SMILES string of the molecule is C=C[C@@H](c1ccc(C)cc1)[C@@H](O)C(=O)CC. The first-order chi connectivity index (χ1) is 7.60. The quantitative estimate of drug-likeness (QED) is 0.771. The maximum Gasteiger partial charge on any atom is 0.161 e. The predicted molar refractivity (Wildman–Crippen MR) is 65.4 cm³/mol. The molecule has 0 aliphatic rings. The lowest BCUT2D eigenvalue weighted by Gasteiger charge is -2.18. The topological polar surface area (TPSA) is 37.3 Å². The van der Waals surface area contributed by atoms with E-state index in [1.807, 2.05) is 31.2 Å². The highest BCUT2D eigenvalue weighted by atomic mass is 16.3. The predicted octanol–water partition coefficient (Wildman–Crippen LogP) is 2.60. The molecule has 2 heteroatoms. The number of aliphatic hydroxyl groups excluding tert-OH is 1. The number of hydrogen-bond donors (Lipinski definition) is 1. The van der Waals surface area contributed by atoms with Gasteiger partial charge in [0.2, 0.25) is 0 Å². The summed E-state index contributed by atoms with van der Waals surface area (Å²) in [5.74, 6) is -0.460. The van der Waals surface area contributed by atoms with Gasteiger partial charge in [-0.05, 0) is 12.5 Å². The van der Waals surface area contributed by atoms with Crippen LogP contribution in [0.1, 0.15) is 30.4 Å². The van der Waals surface area contributed by atoms with E-state index >= 15 is 0 Å². The van der Waals surface area contributed by atoms with Gasteiger partial charge in [-0.1, -0.05) is 42.8 Å². The molecule has 0 aliphatic heterocycles. The van der Waals surface area contributed by atoms with Crippen LogP contribution < -0.4 is 0 Å². The molecule has 0 aliphatic carbocycles. The van der Waals surface area contributed by atoms with E-state index in [1.165, 1.54) is 0 Å². The van der Waals surface area contributed by atoms with Gasteiger partial charge < -0.3 is 5.11 Å². The first-order valence-electron chi connectivity index (χ1n) is 5.50. The van der Waals surface area contributed by atoms with Crippen LogP contribution in [0, 0.1) is 6.92 Å².